The first-order valence-corrected chi connectivity index (χ1v) is 7.11. The van der Waals surface area contributed by atoms with Crippen LogP contribution in [-0.2, 0) is 11.2 Å². The number of nitrogens with two attached hydrogens (primary N) is 1. The summed E-state index contributed by atoms with van der Waals surface area (Å²) in [6.07, 6.45) is 1.48. The van der Waals surface area contributed by atoms with Gasteiger partial charge in [-0.1, -0.05) is 35.0 Å². The molecule has 1 fully saturated rings. The summed E-state index contributed by atoms with van der Waals surface area (Å²) in [7, 11) is 0. The molecule has 0 saturated carbocycles. The molecule has 18 heavy (non-hydrogen) atoms. The van der Waals surface area contributed by atoms with Crippen molar-refractivity contribution in [3.05, 3.63) is 34.3 Å². The van der Waals surface area contributed by atoms with Gasteiger partial charge in [0.05, 0.1) is 6.42 Å². The highest BCUT2D eigenvalue weighted by atomic mass is 79.9. The third-order valence-corrected chi connectivity index (χ3v) is 3.84. The zero-order valence-corrected chi connectivity index (χ0v) is 12.2. The highest BCUT2D eigenvalue weighted by Gasteiger charge is 2.25. The van der Waals surface area contributed by atoms with E-state index < -0.39 is 0 Å². The average molecular weight is 311 g/mol. The molecule has 1 aromatic rings. The predicted octanol–water partition coefficient (Wildman–Crippen LogP) is 2.19. The van der Waals surface area contributed by atoms with Crippen LogP contribution in [0.1, 0.15) is 18.9 Å². The van der Waals surface area contributed by atoms with Crippen molar-refractivity contribution in [2.24, 2.45) is 11.7 Å². The summed E-state index contributed by atoms with van der Waals surface area (Å²) in [5, 5.41) is 0. The number of benzene rings is 1. The zero-order chi connectivity index (χ0) is 13.1. The highest BCUT2D eigenvalue weighted by molar-refractivity contribution is 9.10. The minimum Gasteiger partial charge on any atom is -0.341 e. The van der Waals surface area contributed by atoms with Gasteiger partial charge in [0.2, 0.25) is 5.91 Å². The fourth-order valence-corrected chi connectivity index (χ4v) is 2.76. The van der Waals surface area contributed by atoms with Gasteiger partial charge in [-0.15, -0.1) is 0 Å². The molecular formula is C14H19BrN2O. The third-order valence-electron chi connectivity index (χ3n) is 3.31. The number of piperidine rings is 1. The Morgan fingerprint density at radius 2 is 2.06 bits per heavy atom. The molecule has 0 radical (unpaired) electrons. The molecule has 2 unspecified atom stereocenters. The molecule has 98 valence electrons. The maximum Gasteiger partial charge on any atom is 0.227 e. The first kappa shape index (κ1) is 13.6. The van der Waals surface area contributed by atoms with Crippen molar-refractivity contribution in [2.45, 2.75) is 25.8 Å². The summed E-state index contributed by atoms with van der Waals surface area (Å²) in [4.78, 5) is 14.1. The second-order valence-corrected chi connectivity index (χ2v) is 6.12. The van der Waals surface area contributed by atoms with Gasteiger partial charge >= 0.3 is 0 Å². The molecular weight excluding hydrogens is 292 g/mol. The monoisotopic (exact) mass is 310 g/mol. The Kier molecular flexibility index (Phi) is 4.40. The quantitative estimate of drug-likeness (QED) is 0.910. The Balaban J connectivity index is 1.97. The second kappa shape index (κ2) is 5.85. The van der Waals surface area contributed by atoms with Gasteiger partial charge in [0.1, 0.15) is 0 Å². The molecule has 0 bridgehead atoms. The first-order valence-electron chi connectivity index (χ1n) is 6.32. The van der Waals surface area contributed by atoms with Crippen LogP contribution < -0.4 is 5.73 Å². The lowest BCUT2D eigenvalue weighted by Gasteiger charge is -2.34. The Morgan fingerprint density at radius 3 is 2.67 bits per heavy atom. The Labute approximate surface area is 116 Å². The van der Waals surface area contributed by atoms with Crippen molar-refractivity contribution < 1.29 is 4.79 Å². The molecule has 0 aromatic heterocycles. The molecule has 0 spiro atoms. The van der Waals surface area contributed by atoms with Crippen LogP contribution in [0.4, 0.5) is 0 Å². The fraction of sp³-hybridized carbons (Fsp3) is 0.500. The number of hydrogen-bond donors (Lipinski definition) is 1. The van der Waals surface area contributed by atoms with E-state index in [2.05, 4.69) is 22.9 Å². The lowest BCUT2D eigenvalue weighted by molar-refractivity contribution is -0.132. The molecule has 1 saturated heterocycles. The van der Waals surface area contributed by atoms with Gasteiger partial charge in [0, 0.05) is 23.6 Å². The maximum atomic E-state index is 12.2. The number of carbonyl (C=O) groups is 1. The molecule has 1 heterocycles. The number of halogens is 1. The summed E-state index contributed by atoms with van der Waals surface area (Å²) in [6.45, 7) is 3.68. The zero-order valence-electron chi connectivity index (χ0n) is 10.6. The number of likely N-dealkylation sites (tertiary alicyclic amines) is 1. The van der Waals surface area contributed by atoms with Crippen LogP contribution in [0.25, 0.3) is 0 Å². The standard InChI is InChI=1S/C14H19BrN2O/c1-10-6-13(16)9-17(8-10)14(18)7-11-2-4-12(15)5-3-11/h2-5,10,13H,6-9,16H2,1H3. The molecule has 1 amide bonds. The van der Waals surface area contributed by atoms with Crippen LogP contribution >= 0.6 is 15.9 Å². The normalized spacial score (nSPS) is 24.1. The van der Waals surface area contributed by atoms with Crippen molar-refractivity contribution in [3.63, 3.8) is 0 Å². The minimum atomic E-state index is 0.127. The topological polar surface area (TPSA) is 46.3 Å². The Morgan fingerprint density at radius 1 is 1.39 bits per heavy atom. The van der Waals surface area contributed by atoms with E-state index in [1.807, 2.05) is 29.2 Å². The average Bonchev–Trinajstić information content (AvgIpc) is 2.31. The van der Waals surface area contributed by atoms with Crippen LogP contribution in [0.15, 0.2) is 28.7 Å². The van der Waals surface area contributed by atoms with E-state index in [1.54, 1.807) is 0 Å². The third kappa shape index (κ3) is 3.56. The SMILES string of the molecule is CC1CC(N)CN(C(=O)Cc2ccc(Br)cc2)C1. The maximum absolute atomic E-state index is 12.2. The van der Waals surface area contributed by atoms with E-state index in [0.29, 0.717) is 18.9 Å². The number of rotatable bonds is 2. The molecule has 2 atom stereocenters. The first-order chi connectivity index (χ1) is 8.54. The molecule has 1 aromatic carbocycles. The highest BCUT2D eigenvalue weighted by Crippen LogP contribution is 2.17. The molecule has 2 rings (SSSR count). The minimum absolute atomic E-state index is 0.127. The van der Waals surface area contributed by atoms with E-state index in [4.69, 9.17) is 5.73 Å². The smallest absolute Gasteiger partial charge is 0.227 e. The molecule has 1 aliphatic rings. The van der Waals surface area contributed by atoms with Crippen molar-refractivity contribution in [1.29, 1.82) is 0 Å². The number of amides is 1. The van der Waals surface area contributed by atoms with Crippen LogP contribution in [-0.4, -0.2) is 29.9 Å². The van der Waals surface area contributed by atoms with E-state index in [9.17, 15) is 4.79 Å². The van der Waals surface area contributed by atoms with Crippen molar-refractivity contribution in [2.75, 3.05) is 13.1 Å². The van der Waals surface area contributed by atoms with Gasteiger partial charge in [0.25, 0.3) is 0 Å². The summed E-state index contributed by atoms with van der Waals surface area (Å²) in [5.41, 5.74) is 7.02. The van der Waals surface area contributed by atoms with Gasteiger partial charge in [0.15, 0.2) is 0 Å². The van der Waals surface area contributed by atoms with Crippen LogP contribution in [0.5, 0.6) is 0 Å². The second-order valence-electron chi connectivity index (χ2n) is 5.20. The molecule has 2 N–H and O–H groups in total. The molecule has 1 aliphatic heterocycles. The summed E-state index contributed by atoms with van der Waals surface area (Å²) >= 11 is 3.39. The molecule has 4 heteroatoms. The van der Waals surface area contributed by atoms with Gasteiger partial charge < -0.3 is 10.6 Å². The molecule has 0 aliphatic carbocycles. The fourth-order valence-electron chi connectivity index (χ4n) is 2.49. The van der Waals surface area contributed by atoms with E-state index >= 15 is 0 Å². The number of nitrogens with zero attached hydrogens (tertiary/aromatic N) is 1. The van der Waals surface area contributed by atoms with Crippen LogP contribution in [0.2, 0.25) is 0 Å². The molecule has 3 nitrogen and oxygen atoms in total. The largest absolute Gasteiger partial charge is 0.341 e. The van der Waals surface area contributed by atoms with Crippen molar-refractivity contribution in [1.82, 2.24) is 4.90 Å². The Bertz CT molecular complexity index is 408. The van der Waals surface area contributed by atoms with Gasteiger partial charge in [-0.25, -0.2) is 0 Å². The summed E-state index contributed by atoms with van der Waals surface area (Å²) in [5.74, 6) is 0.682. The van der Waals surface area contributed by atoms with Crippen LogP contribution in [0, 0.1) is 5.92 Å². The summed E-state index contributed by atoms with van der Waals surface area (Å²) < 4.78 is 1.03. The van der Waals surface area contributed by atoms with Gasteiger partial charge in [-0.2, -0.15) is 0 Å². The van der Waals surface area contributed by atoms with Crippen molar-refractivity contribution >= 4 is 21.8 Å². The number of hydrogen-bond acceptors (Lipinski definition) is 2. The van der Waals surface area contributed by atoms with Gasteiger partial charge in [-0.3, -0.25) is 4.79 Å². The lowest BCUT2D eigenvalue weighted by atomic mass is 9.96. The predicted molar refractivity (Wildman–Crippen MR) is 76.2 cm³/mol. The van der Waals surface area contributed by atoms with Crippen LogP contribution in [0.3, 0.4) is 0 Å². The van der Waals surface area contributed by atoms with E-state index in [1.165, 1.54) is 0 Å². The van der Waals surface area contributed by atoms with E-state index in [-0.39, 0.29) is 11.9 Å². The van der Waals surface area contributed by atoms with Crippen molar-refractivity contribution in [3.8, 4) is 0 Å². The Hall–Kier alpha value is -0.870. The summed E-state index contributed by atoms with van der Waals surface area (Å²) in [6, 6.07) is 8.02. The van der Waals surface area contributed by atoms with E-state index in [0.717, 1.165) is 23.0 Å². The van der Waals surface area contributed by atoms with Gasteiger partial charge in [-0.05, 0) is 30.0 Å². The number of carbonyl (C=O) groups excluding carboxylic acids is 1. The lowest BCUT2D eigenvalue weighted by Crippen LogP contribution is -2.49.